The van der Waals surface area contributed by atoms with Crippen molar-refractivity contribution in [2.75, 3.05) is 45.5 Å². The molecule has 0 bridgehead atoms. The third-order valence-corrected chi connectivity index (χ3v) is 5.91. The van der Waals surface area contributed by atoms with Crippen LogP contribution < -0.4 is 5.73 Å². The van der Waals surface area contributed by atoms with E-state index in [1.165, 1.54) is 19.1 Å². The quantitative estimate of drug-likeness (QED) is 0.813. The summed E-state index contributed by atoms with van der Waals surface area (Å²) in [6.07, 6.45) is 7.16. The molecule has 5 nitrogen and oxygen atoms in total. The van der Waals surface area contributed by atoms with Gasteiger partial charge < -0.3 is 10.6 Å². The molecule has 2 aliphatic heterocycles. The molecule has 6 heteroatoms. The first-order valence-corrected chi connectivity index (χ1v) is 9.71. The number of likely N-dealkylation sites (tertiary alicyclic amines) is 1. The first kappa shape index (κ1) is 16.2. The summed E-state index contributed by atoms with van der Waals surface area (Å²) in [6, 6.07) is 0. The summed E-state index contributed by atoms with van der Waals surface area (Å²) < 4.78 is 25.0. The maximum atomic E-state index is 11.7. The first-order chi connectivity index (χ1) is 9.49. The van der Waals surface area contributed by atoms with Crippen molar-refractivity contribution >= 4 is 10.0 Å². The van der Waals surface area contributed by atoms with Crippen LogP contribution in [0.15, 0.2) is 0 Å². The Balaban J connectivity index is 1.83. The van der Waals surface area contributed by atoms with Gasteiger partial charge in [0.25, 0.3) is 0 Å². The standard InChI is InChI=1S/C14H29N3O2S/c1-20(18,19)17-9-3-5-14(12-17)11-16-8-2-4-13(10-16)6-7-15/h13-14H,2-12,15H2,1H3. The SMILES string of the molecule is CS(=O)(=O)N1CCCC(CN2CCCC(CCN)C2)C1. The fraction of sp³-hybridized carbons (Fsp3) is 1.00. The fourth-order valence-corrected chi connectivity index (χ4v) is 4.57. The molecule has 0 saturated carbocycles. The molecule has 0 amide bonds. The van der Waals surface area contributed by atoms with Crippen molar-refractivity contribution < 1.29 is 8.42 Å². The van der Waals surface area contributed by atoms with E-state index in [1.54, 1.807) is 4.31 Å². The van der Waals surface area contributed by atoms with E-state index < -0.39 is 10.0 Å². The van der Waals surface area contributed by atoms with Crippen molar-refractivity contribution in [3.8, 4) is 0 Å². The van der Waals surface area contributed by atoms with Crippen LogP contribution in [0, 0.1) is 11.8 Å². The number of hydrogen-bond donors (Lipinski definition) is 1. The molecule has 0 aliphatic carbocycles. The molecule has 0 aromatic heterocycles. The highest BCUT2D eigenvalue weighted by molar-refractivity contribution is 7.88. The smallest absolute Gasteiger partial charge is 0.211 e. The highest BCUT2D eigenvalue weighted by Crippen LogP contribution is 2.24. The average molecular weight is 303 g/mol. The minimum atomic E-state index is -3.02. The van der Waals surface area contributed by atoms with Crippen molar-refractivity contribution in [3.05, 3.63) is 0 Å². The van der Waals surface area contributed by atoms with E-state index in [0.29, 0.717) is 19.0 Å². The van der Waals surface area contributed by atoms with Gasteiger partial charge in [-0.25, -0.2) is 12.7 Å². The Morgan fingerprint density at radius 3 is 2.50 bits per heavy atom. The summed E-state index contributed by atoms with van der Waals surface area (Å²) in [5.74, 6) is 1.23. The molecular formula is C14H29N3O2S. The van der Waals surface area contributed by atoms with E-state index >= 15 is 0 Å². The molecule has 20 heavy (non-hydrogen) atoms. The van der Waals surface area contributed by atoms with Crippen molar-refractivity contribution in [2.45, 2.75) is 32.1 Å². The molecule has 2 N–H and O–H groups in total. The van der Waals surface area contributed by atoms with Crippen LogP contribution >= 0.6 is 0 Å². The van der Waals surface area contributed by atoms with Gasteiger partial charge in [-0.1, -0.05) is 0 Å². The Morgan fingerprint density at radius 1 is 1.10 bits per heavy atom. The Bertz CT molecular complexity index is 397. The van der Waals surface area contributed by atoms with Gasteiger partial charge in [-0.05, 0) is 57.0 Å². The normalized spacial score (nSPS) is 30.5. The Hall–Kier alpha value is -0.170. The maximum Gasteiger partial charge on any atom is 0.211 e. The van der Waals surface area contributed by atoms with Crippen LogP contribution in [0.5, 0.6) is 0 Å². The molecule has 0 aromatic rings. The highest BCUT2D eigenvalue weighted by atomic mass is 32.2. The monoisotopic (exact) mass is 303 g/mol. The van der Waals surface area contributed by atoms with Crippen LogP contribution in [0.1, 0.15) is 32.1 Å². The lowest BCUT2D eigenvalue weighted by Gasteiger charge is -2.38. The van der Waals surface area contributed by atoms with E-state index in [-0.39, 0.29) is 0 Å². The molecule has 2 unspecified atom stereocenters. The van der Waals surface area contributed by atoms with E-state index in [0.717, 1.165) is 51.4 Å². The second-order valence-electron chi connectivity index (χ2n) is 6.47. The Labute approximate surface area is 123 Å². The lowest BCUT2D eigenvalue weighted by atomic mass is 9.92. The largest absolute Gasteiger partial charge is 0.330 e. The topological polar surface area (TPSA) is 66.6 Å². The number of rotatable bonds is 5. The number of nitrogens with zero attached hydrogens (tertiary/aromatic N) is 2. The van der Waals surface area contributed by atoms with E-state index in [1.807, 2.05) is 0 Å². The second kappa shape index (κ2) is 7.20. The molecule has 2 heterocycles. The van der Waals surface area contributed by atoms with Crippen LogP contribution in [-0.4, -0.2) is 63.1 Å². The van der Waals surface area contributed by atoms with Gasteiger partial charge in [0.1, 0.15) is 0 Å². The van der Waals surface area contributed by atoms with Crippen molar-refractivity contribution in [2.24, 2.45) is 17.6 Å². The zero-order valence-corrected chi connectivity index (χ0v) is 13.4. The van der Waals surface area contributed by atoms with Crippen LogP contribution in [0.25, 0.3) is 0 Å². The summed E-state index contributed by atoms with van der Waals surface area (Å²) in [5.41, 5.74) is 5.66. The minimum absolute atomic E-state index is 0.495. The molecule has 2 fully saturated rings. The van der Waals surface area contributed by atoms with Gasteiger partial charge >= 0.3 is 0 Å². The van der Waals surface area contributed by atoms with Crippen LogP contribution in [0.3, 0.4) is 0 Å². The molecule has 118 valence electrons. The van der Waals surface area contributed by atoms with E-state index in [9.17, 15) is 8.42 Å². The van der Waals surface area contributed by atoms with Crippen LogP contribution in [-0.2, 0) is 10.0 Å². The lowest BCUT2D eigenvalue weighted by molar-refractivity contribution is 0.126. The van der Waals surface area contributed by atoms with Gasteiger partial charge in [0.05, 0.1) is 6.26 Å². The van der Waals surface area contributed by atoms with Gasteiger partial charge in [0, 0.05) is 26.2 Å². The third-order valence-electron chi connectivity index (χ3n) is 4.65. The van der Waals surface area contributed by atoms with Gasteiger partial charge in [-0.2, -0.15) is 0 Å². The molecule has 2 rings (SSSR count). The van der Waals surface area contributed by atoms with Crippen LogP contribution in [0.2, 0.25) is 0 Å². The van der Waals surface area contributed by atoms with Gasteiger partial charge in [0.15, 0.2) is 0 Å². The lowest BCUT2D eigenvalue weighted by Crippen LogP contribution is -2.45. The molecule has 0 aromatic carbocycles. The summed E-state index contributed by atoms with van der Waals surface area (Å²) in [7, 11) is -3.02. The summed E-state index contributed by atoms with van der Waals surface area (Å²) in [6.45, 7) is 5.54. The minimum Gasteiger partial charge on any atom is -0.330 e. The second-order valence-corrected chi connectivity index (χ2v) is 8.46. The predicted molar refractivity (Wildman–Crippen MR) is 82.0 cm³/mol. The number of nitrogens with two attached hydrogens (primary N) is 1. The molecule has 2 aliphatic rings. The Kier molecular flexibility index (Phi) is 5.84. The summed E-state index contributed by atoms with van der Waals surface area (Å²) in [4.78, 5) is 2.53. The Morgan fingerprint density at radius 2 is 1.80 bits per heavy atom. The molecule has 0 radical (unpaired) electrons. The van der Waals surface area contributed by atoms with Gasteiger partial charge in [0.2, 0.25) is 10.0 Å². The first-order valence-electron chi connectivity index (χ1n) is 7.86. The zero-order chi connectivity index (χ0) is 14.6. The van der Waals surface area contributed by atoms with Gasteiger partial charge in [-0.3, -0.25) is 0 Å². The fourth-order valence-electron chi connectivity index (χ4n) is 3.63. The summed E-state index contributed by atoms with van der Waals surface area (Å²) >= 11 is 0. The van der Waals surface area contributed by atoms with E-state index in [4.69, 9.17) is 5.73 Å². The molecule has 2 atom stereocenters. The average Bonchev–Trinajstić information content (AvgIpc) is 2.39. The molecule has 2 saturated heterocycles. The van der Waals surface area contributed by atoms with Crippen molar-refractivity contribution in [3.63, 3.8) is 0 Å². The van der Waals surface area contributed by atoms with E-state index in [2.05, 4.69) is 4.90 Å². The third kappa shape index (κ3) is 4.69. The zero-order valence-electron chi connectivity index (χ0n) is 12.6. The number of hydrogen-bond acceptors (Lipinski definition) is 4. The van der Waals surface area contributed by atoms with Crippen LogP contribution in [0.4, 0.5) is 0 Å². The molecular weight excluding hydrogens is 274 g/mol. The summed E-state index contributed by atoms with van der Waals surface area (Å²) in [5, 5.41) is 0. The molecule has 0 spiro atoms. The maximum absolute atomic E-state index is 11.7. The van der Waals surface area contributed by atoms with Gasteiger partial charge in [-0.15, -0.1) is 0 Å². The number of piperidine rings is 2. The van der Waals surface area contributed by atoms with Crippen molar-refractivity contribution in [1.29, 1.82) is 0 Å². The predicted octanol–water partition coefficient (Wildman–Crippen LogP) is 0.719. The van der Waals surface area contributed by atoms with Crippen molar-refractivity contribution in [1.82, 2.24) is 9.21 Å². The number of sulfonamides is 1. The highest BCUT2D eigenvalue weighted by Gasteiger charge is 2.28.